The van der Waals surface area contributed by atoms with Gasteiger partial charge in [-0.1, -0.05) is 30.3 Å². The molecule has 7 nitrogen and oxygen atoms in total. The van der Waals surface area contributed by atoms with Crippen molar-refractivity contribution in [3.8, 4) is 0 Å². The highest BCUT2D eigenvalue weighted by Crippen LogP contribution is 2.35. The monoisotopic (exact) mass is 464 g/mol. The molecule has 0 spiro atoms. The maximum Gasteiger partial charge on any atom is 0.416 e. The Morgan fingerprint density at radius 2 is 1.85 bits per heavy atom. The minimum atomic E-state index is -4.57. The van der Waals surface area contributed by atoms with E-state index in [-0.39, 0.29) is 18.5 Å². The van der Waals surface area contributed by atoms with Crippen LogP contribution in [0.1, 0.15) is 34.7 Å². The van der Waals surface area contributed by atoms with Crippen molar-refractivity contribution in [2.24, 2.45) is 5.73 Å². The van der Waals surface area contributed by atoms with Crippen molar-refractivity contribution >= 4 is 17.6 Å². The van der Waals surface area contributed by atoms with Gasteiger partial charge in [0.05, 0.1) is 31.2 Å². The van der Waals surface area contributed by atoms with E-state index in [0.29, 0.717) is 37.6 Å². The van der Waals surface area contributed by atoms with Crippen LogP contribution < -0.4 is 21.3 Å². The number of nitrogens with zero attached hydrogens (tertiary/aromatic N) is 1. The molecule has 33 heavy (non-hydrogen) atoms. The molecule has 1 saturated heterocycles. The van der Waals surface area contributed by atoms with Gasteiger partial charge >= 0.3 is 12.2 Å². The molecule has 1 unspecified atom stereocenters. The van der Waals surface area contributed by atoms with Gasteiger partial charge in [0.2, 0.25) is 5.91 Å². The third-order valence-corrected chi connectivity index (χ3v) is 5.52. The van der Waals surface area contributed by atoms with E-state index in [2.05, 4.69) is 10.6 Å². The zero-order valence-corrected chi connectivity index (χ0v) is 18.2. The van der Waals surface area contributed by atoms with E-state index in [1.165, 1.54) is 6.07 Å². The van der Waals surface area contributed by atoms with E-state index >= 15 is 0 Å². The first-order chi connectivity index (χ1) is 15.6. The van der Waals surface area contributed by atoms with Crippen LogP contribution in [0.5, 0.6) is 0 Å². The zero-order chi connectivity index (χ0) is 24.0. The van der Waals surface area contributed by atoms with Gasteiger partial charge in [-0.3, -0.25) is 4.79 Å². The molecule has 0 bridgehead atoms. The Labute approximate surface area is 190 Å². The van der Waals surface area contributed by atoms with Gasteiger partial charge in [-0.25, -0.2) is 4.79 Å². The third-order valence-electron chi connectivity index (χ3n) is 5.52. The summed E-state index contributed by atoms with van der Waals surface area (Å²) in [4.78, 5) is 25.8. The van der Waals surface area contributed by atoms with Crippen LogP contribution in [0.25, 0.3) is 0 Å². The maximum absolute atomic E-state index is 13.7. The molecule has 2 aromatic rings. The van der Waals surface area contributed by atoms with E-state index in [9.17, 15) is 22.8 Å². The van der Waals surface area contributed by atoms with Gasteiger partial charge in [-0.15, -0.1) is 0 Å². The summed E-state index contributed by atoms with van der Waals surface area (Å²) in [6.07, 6.45) is -4.74. The summed E-state index contributed by atoms with van der Waals surface area (Å²) in [6, 6.07) is 9.78. The molecule has 1 fully saturated rings. The number of anilines is 1. The van der Waals surface area contributed by atoms with Crippen LogP contribution in [0.3, 0.4) is 0 Å². The molecule has 1 atom stereocenters. The number of carbonyl (C=O) groups is 2. The van der Waals surface area contributed by atoms with Crippen molar-refractivity contribution in [2.45, 2.75) is 32.1 Å². The van der Waals surface area contributed by atoms with E-state index in [1.807, 2.05) is 24.0 Å². The number of alkyl halides is 3. The molecule has 1 aliphatic heterocycles. The average molecular weight is 464 g/mol. The van der Waals surface area contributed by atoms with Crippen LogP contribution in [0.4, 0.5) is 23.7 Å². The number of amides is 3. The number of morpholine rings is 1. The van der Waals surface area contributed by atoms with Crippen molar-refractivity contribution in [1.82, 2.24) is 10.6 Å². The molecule has 3 amide bonds. The van der Waals surface area contributed by atoms with Gasteiger partial charge in [0.15, 0.2) is 0 Å². The van der Waals surface area contributed by atoms with Gasteiger partial charge in [-0.2, -0.15) is 13.2 Å². The minimum absolute atomic E-state index is 0.0387. The van der Waals surface area contributed by atoms with Crippen LogP contribution in [0.15, 0.2) is 42.5 Å². The van der Waals surface area contributed by atoms with E-state index < -0.39 is 29.7 Å². The van der Waals surface area contributed by atoms with Gasteiger partial charge in [0, 0.05) is 25.3 Å². The number of primary amides is 1. The normalized spacial score (nSPS) is 15.1. The topological polar surface area (TPSA) is 96.7 Å². The summed E-state index contributed by atoms with van der Waals surface area (Å²) in [6.45, 7) is 3.48. The molecule has 1 heterocycles. The summed E-state index contributed by atoms with van der Waals surface area (Å²) in [5.74, 6) is -0.512. The van der Waals surface area contributed by atoms with Crippen molar-refractivity contribution in [3.63, 3.8) is 0 Å². The molecule has 0 aromatic heterocycles. The number of hydrogen-bond donors (Lipinski definition) is 3. The van der Waals surface area contributed by atoms with E-state index in [4.69, 9.17) is 10.5 Å². The summed E-state index contributed by atoms with van der Waals surface area (Å²) < 4.78 is 46.4. The number of nitrogens with one attached hydrogen (secondary N) is 2. The Kier molecular flexibility index (Phi) is 7.80. The van der Waals surface area contributed by atoms with Gasteiger partial charge in [0.25, 0.3) is 0 Å². The standard InChI is InChI=1S/C23H27F3N4O3/c1-15-4-2-3-5-18(15)20(29-22(27)32)13-21(31)28-14-16-6-7-17(12-19(16)23(24,25)26)30-8-10-33-11-9-30/h2-7,12,20H,8-11,13-14H2,1H3,(H,28,31)(H3,27,29,32). The molecule has 3 rings (SSSR count). The Morgan fingerprint density at radius 1 is 1.15 bits per heavy atom. The largest absolute Gasteiger partial charge is 0.416 e. The van der Waals surface area contributed by atoms with E-state index in [0.717, 1.165) is 11.6 Å². The molecule has 1 aliphatic rings. The summed E-state index contributed by atoms with van der Waals surface area (Å²) in [5, 5.41) is 5.07. The third kappa shape index (κ3) is 6.61. The lowest BCUT2D eigenvalue weighted by Gasteiger charge is -2.29. The maximum atomic E-state index is 13.7. The predicted molar refractivity (Wildman–Crippen MR) is 118 cm³/mol. The minimum Gasteiger partial charge on any atom is -0.378 e. The number of ether oxygens (including phenoxy) is 1. The quantitative estimate of drug-likeness (QED) is 0.586. The first-order valence-corrected chi connectivity index (χ1v) is 10.6. The van der Waals surface area contributed by atoms with Crippen molar-refractivity contribution < 1.29 is 27.5 Å². The number of halogens is 3. The molecule has 10 heteroatoms. The lowest BCUT2D eigenvalue weighted by atomic mass is 9.98. The second-order valence-electron chi connectivity index (χ2n) is 7.84. The van der Waals surface area contributed by atoms with Gasteiger partial charge in [0.1, 0.15) is 0 Å². The summed E-state index contributed by atoms with van der Waals surface area (Å²) in [5.41, 5.74) is 6.43. The molecule has 0 aliphatic carbocycles. The van der Waals surface area contributed by atoms with Crippen molar-refractivity contribution in [3.05, 3.63) is 64.7 Å². The van der Waals surface area contributed by atoms with Crippen LogP contribution in [0, 0.1) is 6.92 Å². The Bertz CT molecular complexity index is 991. The molecule has 4 N–H and O–H groups in total. The lowest BCUT2D eigenvalue weighted by Crippen LogP contribution is -2.37. The van der Waals surface area contributed by atoms with Crippen LogP contribution in [-0.2, 0) is 22.3 Å². The summed E-state index contributed by atoms with van der Waals surface area (Å²) >= 11 is 0. The average Bonchev–Trinajstić information content (AvgIpc) is 2.77. The number of aryl methyl sites for hydroxylation is 1. The fraction of sp³-hybridized carbons (Fsp3) is 0.391. The highest BCUT2D eigenvalue weighted by Gasteiger charge is 2.34. The fourth-order valence-corrected chi connectivity index (χ4v) is 3.84. The molecular weight excluding hydrogens is 437 g/mol. The van der Waals surface area contributed by atoms with Crippen LogP contribution >= 0.6 is 0 Å². The SMILES string of the molecule is Cc1ccccc1C(CC(=O)NCc1ccc(N2CCOCC2)cc1C(F)(F)F)NC(N)=O. The Balaban J connectivity index is 1.72. The van der Waals surface area contributed by atoms with Crippen molar-refractivity contribution in [1.29, 1.82) is 0 Å². The highest BCUT2D eigenvalue weighted by atomic mass is 19.4. The molecule has 0 saturated carbocycles. The van der Waals surface area contributed by atoms with Gasteiger partial charge in [-0.05, 0) is 35.7 Å². The Hall–Kier alpha value is -3.27. The number of urea groups is 1. The Morgan fingerprint density at radius 3 is 2.48 bits per heavy atom. The van der Waals surface area contributed by atoms with Crippen LogP contribution in [0.2, 0.25) is 0 Å². The van der Waals surface area contributed by atoms with Gasteiger partial charge < -0.3 is 26.0 Å². The fourth-order valence-electron chi connectivity index (χ4n) is 3.84. The zero-order valence-electron chi connectivity index (χ0n) is 18.2. The first kappa shape index (κ1) is 24.4. The summed E-state index contributed by atoms with van der Waals surface area (Å²) in [7, 11) is 0. The molecule has 2 aromatic carbocycles. The number of benzene rings is 2. The predicted octanol–water partition coefficient (Wildman–Crippen LogP) is 3.27. The highest BCUT2D eigenvalue weighted by molar-refractivity contribution is 5.79. The second kappa shape index (κ2) is 10.6. The number of rotatable bonds is 7. The number of hydrogen-bond acceptors (Lipinski definition) is 4. The first-order valence-electron chi connectivity index (χ1n) is 10.6. The molecule has 0 radical (unpaired) electrons. The number of carbonyl (C=O) groups excluding carboxylic acids is 2. The number of nitrogens with two attached hydrogens (primary N) is 1. The van der Waals surface area contributed by atoms with Crippen LogP contribution in [-0.4, -0.2) is 38.2 Å². The van der Waals surface area contributed by atoms with E-state index in [1.54, 1.807) is 18.2 Å². The molecular formula is C23H27F3N4O3. The lowest BCUT2D eigenvalue weighted by molar-refractivity contribution is -0.138. The molecule has 178 valence electrons. The second-order valence-corrected chi connectivity index (χ2v) is 7.84. The smallest absolute Gasteiger partial charge is 0.378 e. The van der Waals surface area contributed by atoms with Crippen molar-refractivity contribution in [2.75, 3.05) is 31.2 Å².